The lowest BCUT2D eigenvalue weighted by molar-refractivity contribution is -0.130. The molecule has 4 rings (SSSR count). The maximum Gasteiger partial charge on any atom is 0.335 e. The van der Waals surface area contributed by atoms with Crippen LogP contribution in [0.15, 0.2) is 55.7 Å². The third-order valence-corrected chi connectivity index (χ3v) is 5.32. The molecule has 0 heterocycles. The Hall–Kier alpha value is -3.14. The summed E-state index contributed by atoms with van der Waals surface area (Å²) in [5.41, 5.74) is 2.98. The number of ether oxygens (including phenoxy) is 2. The van der Waals surface area contributed by atoms with Gasteiger partial charge in [-0.25, -0.2) is 9.59 Å². The second kappa shape index (κ2) is 6.54. The van der Waals surface area contributed by atoms with E-state index < -0.39 is 11.9 Å². The molecule has 2 aliphatic rings. The fraction of sp³-hybridized carbons (Fsp3) is 0.217. The molecule has 0 aliphatic heterocycles. The normalized spacial score (nSPS) is 19.0. The number of carbonyl (C=O) groups is 2. The Bertz CT molecular complexity index is 1030. The van der Waals surface area contributed by atoms with Crippen LogP contribution in [-0.2, 0) is 16.0 Å². The Morgan fingerprint density at radius 1 is 1.00 bits per heavy atom. The van der Waals surface area contributed by atoms with E-state index in [4.69, 9.17) is 9.47 Å². The van der Waals surface area contributed by atoms with Crippen LogP contribution in [0.2, 0.25) is 0 Å². The van der Waals surface area contributed by atoms with E-state index in [-0.39, 0.29) is 11.8 Å². The zero-order chi connectivity index (χ0) is 19.1. The van der Waals surface area contributed by atoms with E-state index in [1.807, 2.05) is 18.2 Å². The molecule has 2 aromatic rings. The second-order valence-corrected chi connectivity index (χ2v) is 6.80. The molecule has 2 aliphatic carbocycles. The fourth-order valence-corrected chi connectivity index (χ4v) is 4.10. The van der Waals surface area contributed by atoms with E-state index in [1.165, 1.54) is 0 Å². The van der Waals surface area contributed by atoms with Crippen LogP contribution in [0.25, 0.3) is 10.8 Å². The molecule has 0 radical (unpaired) electrons. The Morgan fingerprint density at radius 3 is 2.07 bits per heavy atom. The highest BCUT2D eigenvalue weighted by molar-refractivity contribution is 6.01. The monoisotopic (exact) mass is 360 g/mol. The number of fused-ring (bicyclic) bond motifs is 6. The number of carbonyl (C=O) groups excluding carboxylic acids is 2. The van der Waals surface area contributed by atoms with Crippen LogP contribution in [0.1, 0.15) is 41.9 Å². The Labute approximate surface area is 157 Å². The predicted molar refractivity (Wildman–Crippen MR) is 104 cm³/mol. The van der Waals surface area contributed by atoms with Crippen LogP contribution in [0.4, 0.5) is 0 Å². The zero-order valence-corrected chi connectivity index (χ0v) is 15.2. The van der Waals surface area contributed by atoms with Crippen molar-refractivity contribution in [3.05, 3.63) is 72.4 Å². The fourth-order valence-electron chi connectivity index (χ4n) is 4.10. The lowest BCUT2D eigenvalue weighted by Gasteiger charge is -2.22. The van der Waals surface area contributed by atoms with Gasteiger partial charge in [0.1, 0.15) is 11.5 Å². The van der Waals surface area contributed by atoms with Crippen LogP contribution in [0, 0.1) is 0 Å². The molecule has 136 valence electrons. The van der Waals surface area contributed by atoms with E-state index in [1.54, 1.807) is 0 Å². The standard InChI is InChI=1S/C23H20O4/c1-4-13-7-10-16-17(11-13)23(27-19(25)6-3)21-15-9-8-14(12-15)20(21)22(16)26-18(24)5-2/h5-11,14-15H,2-4,12H2,1H3. The molecule has 0 aromatic heterocycles. The molecule has 0 spiro atoms. The third-order valence-electron chi connectivity index (χ3n) is 5.32. The Balaban J connectivity index is 2.06. The first-order valence-corrected chi connectivity index (χ1v) is 9.06. The second-order valence-electron chi connectivity index (χ2n) is 6.80. The molecule has 2 atom stereocenters. The van der Waals surface area contributed by atoms with Gasteiger partial charge in [-0.1, -0.05) is 44.4 Å². The third kappa shape index (κ3) is 2.69. The molecule has 0 amide bonds. The van der Waals surface area contributed by atoms with Gasteiger partial charge >= 0.3 is 11.9 Å². The van der Waals surface area contributed by atoms with Crippen molar-refractivity contribution in [2.45, 2.75) is 31.6 Å². The van der Waals surface area contributed by atoms with Gasteiger partial charge in [0.05, 0.1) is 0 Å². The molecule has 0 saturated carbocycles. The zero-order valence-electron chi connectivity index (χ0n) is 15.2. The van der Waals surface area contributed by atoms with Crippen molar-refractivity contribution < 1.29 is 19.1 Å². The van der Waals surface area contributed by atoms with Crippen molar-refractivity contribution >= 4 is 22.7 Å². The van der Waals surface area contributed by atoms with Crippen LogP contribution in [-0.4, -0.2) is 11.9 Å². The summed E-state index contributed by atoms with van der Waals surface area (Å²) in [6.07, 6.45) is 8.32. The average Bonchev–Trinajstić information content (AvgIpc) is 3.31. The Morgan fingerprint density at radius 2 is 1.56 bits per heavy atom. The quantitative estimate of drug-likeness (QED) is 0.335. The first-order valence-electron chi connectivity index (χ1n) is 9.06. The number of hydrogen-bond donors (Lipinski definition) is 0. The highest BCUT2D eigenvalue weighted by Crippen LogP contribution is 2.58. The number of esters is 2. The molecular weight excluding hydrogens is 340 g/mol. The topological polar surface area (TPSA) is 52.6 Å². The van der Waals surface area contributed by atoms with Gasteiger partial charge in [0.15, 0.2) is 0 Å². The highest BCUT2D eigenvalue weighted by Gasteiger charge is 2.40. The first-order chi connectivity index (χ1) is 13.1. The summed E-state index contributed by atoms with van der Waals surface area (Å²) in [7, 11) is 0. The summed E-state index contributed by atoms with van der Waals surface area (Å²) < 4.78 is 11.4. The van der Waals surface area contributed by atoms with Gasteiger partial charge in [0.2, 0.25) is 0 Å². The van der Waals surface area contributed by atoms with Crippen LogP contribution in [0.5, 0.6) is 11.5 Å². The van der Waals surface area contributed by atoms with Crippen molar-refractivity contribution in [2.24, 2.45) is 0 Å². The van der Waals surface area contributed by atoms with Crippen molar-refractivity contribution in [3.63, 3.8) is 0 Å². The molecule has 27 heavy (non-hydrogen) atoms. The van der Waals surface area contributed by atoms with Crippen molar-refractivity contribution in [2.75, 3.05) is 0 Å². The Kier molecular flexibility index (Phi) is 4.19. The maximum atomic E-state index is 12.0. The van der Waals surface area contributed by atoms with E-state index in [9.17, 15) is 9.59 Å². The molecule has 0 fully saturated rings. The van der Waals surface area contributed by atoms with E-state index in [0.29, 0.717) is 11.5 Å². The summed E-state index contributed by atoms with van der Waals surface area (Å²) in [6, 6.07) is 5.94. The minimum absolute atomic E-state index is 0.147. The summed E-state index contributed by atoms with van der Waals surface area (Å²) in [5.74, 6) is 0.393. The molecular formula is C23H20O4. The van der Waals surface area contributed by atoms with Gasteiger partial charge in [-0.2, -0.15) is 0 Å². The molecule has 2 unspecified atom stereocenters. The van der Waals surface area contributed by atoms with Crippen molar-refractivity contribution in [3.8, 4) is 11.5 Å². The van der Waals surface area contributed by atoms with Crippen LogP contribution < -0.4 is 9.47 Å². The summed E-state index contributed by atoms with van der Waals surface area (Å²) in [4.78, 5) is 24.0. The van der Waals surface area contributed by atoms with E-state index in [2.05, 4.69) is 32.2 Å². The lowest BCUT2D eigenvalue weighted by atomic mass is 9.90. The average molecular weight is 360 g/mol. The van der Waals surface area contributed by atoms with Gasteiger partial charge in [0.25, 0.3) is 0 Å². The van der Waals surface area contributed by atoms with Crippen LogP contribution in [0.3, 0.4) is 0 Å². The minimum Gasteiger partial charge on any atom is -0.422 e. The van der Waals surface area contributed by atoms with Gasteiger partial charge in [-0.3, -0.25) is 0 Å². The van der Waals surface area contributed by atoms with E-state index >= 15 is 0 Å². The highest BCUT2D eigenvalue weighted by atomic mass is 16.5. The number of aryl methyl sites for hydroxylation is 1. The summed E-state index contributed by atoms with van der Waals surface area (Å²) in [5, 5.41) is 1.53. The molecule has 2 aromatic carbocycles. The summed E-state index contributed by atoms with van der Waals surface area (Å²) >= 11 is 0. The first kappa shape index (κ1) is 17.3. The molecule has 0 N–H and O–H groups in total. The van der Waals surface area contributed by atoms with Crippen molar-refractivity contribution in [1.82, 2.24) is 0 Å². The number of benzene rings is 2. The number of hydrogen-bond acceptors (Lipinski definition) is 4. The van der Waals surface area contributed by atoms with Crippen LogP contribution >= 0.6 is 0 Å². The number of allylic oxidation sites excluding steroid dienone is 2. The minimum atomic E-state index is -0.499. The maximum absolute atomic E-state index is 12.0. The van der Waals surface area contributed by atoms with Gasteiger partial charge in [0, 0.05) is 45.9 Å². The molecule has 4 nitrogen and oxygen atoms in total. The SMILES string of the molecule is C=CC(=O)Oc1c2c(c(OC(=O)C=C)c3cc(CC)ccc13)C1C=CC2C1. The summed E-state index contributed by atoms with van der Waals surface area (Å²) in [6.45, 7) is 9.08. The van der Waals surface area contributed by atoms with E-state index in [0.717, 1.165) is 52.5 Å². The van der Waals surface area contributed by atoms with Gasteiger partial charge in [-0.15, -0.1) is 0 Å². The lowest BCUT2D eigenvalue weighted by Crippen LogP contribution is -2.11. The van der Waals surface area contributed by atoms with Gasteiger partial charge in [-0.05, 0) is 24.5 Å². The smallest absolute Gasteiger partial charge is 0.335 e. The molecule has 2 bridgehead atoms. The molecule has 0 saturated heterocycles. The largest absolute Gasteiger partial charge is 0.422 e. The predicted octanol–water partition coefficient (Wildman–Crippen LogP) is 4.73. The van der Waals surface area contributed by atoms with Crippen molar-refractivity contribution in [1.29, 1.82) is 0 Å². The number of rotatable bonds is 5. The van der Waals surface area contributed by atoms with Gasteiger partial charge < -0.3 is 9.47 Å². The molecule has 4 heteroatoms.